The van der Waals surface area contributed by atoms with Crippen molar-refractivity contribution in [3.05, 3.63) is 43.0 Å². The monoisotopic (exact) mass is 523 g/mol. The predicted octanol–water partition coefficient (Wildman–Crippen LogP) is 0.0863. The number of phosphoric ester groups is 1. The van der Waals surface area contributed by atoms with Crippen LogP contribution in [0.1, 0.15) is 18.2 Å². The maximum absolute atomic E-state index is 12.1. The lowest BCUT2D eigenvalue weighted by atomic mass is 10.2. The van der Waals surface area contributed by atoms with Crippen LogP contribution in [-0.4, -0.2) is 47.9 Å². The van der Waals surface area contributed by atoms with Gasteiger partial charge in [-0.15, -0.1) is 0 Å². The molecular formula is C10H16N5O14P3. The van der Waals surface area contributed by atoms with Crippen LogP contribution in [-0.2, 0) is 36.4 Å². The molecular weight excluding hydrogens is 507 g/mol. The molecule has 1 aliphatic rings. The number of H-pyrrole nitrogens is 1. The summed E-state index contributed by atoms with van der Waals surface area (Å²) in [5.41, 5.74) is 6.82. The van der Waals surface area contributed by atoms with E-state index in [1.165, 1.54) is 6.92 Å². The van der Waals surface area contributed by atoms with Crippen molar-refractivity contribution in [2.45, 2.75) is 31.8 Å². The summed E-state index contributed by atoms with van der Waals surface area (Å²) in [5, 5.41) is 2.78. The van der Waals surface area contributed by atoms with Gasteiger partial charge >= 0.3 is 29.2 Å². The molecule has 0 bridgehead atoms. The van der Waals surface area contributed by atoms with Crippen LogP contribution >= 0.6 is 23.5 Å². The molecule has 0 radical (unpaired) electrons. The fourth-order valence-corrected chi connectivity index (χ4v) is 5.76. The largest absolute Gasteiger partial charge is 0.490 e. The molecule has 0 aromatic carbocycles. The third-order valence-electron chi connectivity index (χ3n) is 3.65. The van der Waals surface area contributed by atoms with E-state index in [2.05, 4.69) is 23.6 Å². The Kier molecular flexibility index (Phi) is 8.23. The minimum Gasteiger partial charge on any atom is -0.431 e. The van der Waals surface area contributed by atoms with Crippen LogP contribution in [0.3, 0.4) is 0 Å². The topological polar surface area (TPSA) is 282 Å². The van der Waals surface area contributed by atoms with Gasteiger partial charge in [0.1, 0.15) is 30.3 Å². The Morgan fingerprint density at radius 3 is 2.50 bits per heavy atom. The van der Waals surface area contributed by atoms with Crippen LogP contribution in [0.4, 0.5) is 0 Å². The SMILES string of the molecule is Cc1cn([C@H]2C[C@H](OP(=O)(O)OP(=O)(O)OP(=O)(O)O)[C@@H](CON=[N+]=[N-])O2)c(=O)[nH]c1=O. The van der Waals surface area contributed by atoms with E-state index < -0.39 is 66.2 Å². The Labute approximate surface area is 176 Å². The maximum Gasteiger partial charge on any atom is 0.490 e. The standard InChI is InChI=1S/C10H16N5O14P3/c1-5-3-15(10(17)12-9(5)16)8-2-6(7(26-8)4-25-14-13-11)27-31(21,22)29-32(23,24)28-30(18,19)20/h3,6-8H,2,4H2,1H3,(H,21,22)(H,23,24)(H,12,16,17)(H2,18,19,20)/t6-,7+,8+/m0/s1. The summed E-state index contributed by atoms with van der Waals surface area (Å²) in [6, 6.07) is 0. The van der Waals surface area contributed by atoms with Crippen molar-refractivity contribution in [3.63, 3.8) is 0 Å². The average Bonchev–Trinajstić information content (AvgIpc) is 2.96. The van der Waals surface area contributed by atoms with Crippen LogP contribution in [0, 0.1) is 6.92 Å². The molecule has 2 unspecified atom stereocenters. The molecule has 1 fully saturated rings. The van der Waals surface area contributed by atoms with Crippen LogP contribution in [0.5, 0.6) is 0 Å². The smallest absolute Gasteiger partial charge is 0.431 e. The minimum absolute atomic E-state index is 0.117. The van der Waals surface area contributed by atoms with Crippen molar-refractivity contribution in [1.29, 1.82) is 0 Å². The van der Waals surface area contributed by atoms with Gasteiger partial charge in [-0.25, -0.2) is 18.5 Å². The molecule has 5 atom stereocenters. The first kappa shape index (κ1) is 26.4. The summed E-state index contributed by atoms with van der Waals surface area (Å²) >= 11 is 0. The molecule has 0 aliphatic carbocycles. The molecule has 2 heterocycles. The highest BCUT2D eigenvalue weighted by atomic mass is 31.3. The Hall–Kier alpha value is -1.84. The highest BCUT2D eigenvalue weighted by Crippen LogP contribution is 2.67. The lowest BCUT2D eigenvalue weighted by molar-refractivity contribution is -0.0629. The van der Waals surface area contributed by atoms with Gasteiger partial charge in [0.25, 0.3) is 5.56 Å². The number of nitrogens with zero attached hydrogens (tertiary/aromatic N) is 4. The van der Waals surface area contributed by atoms with Crippen LogP contribution in [0.15, 0.2) is 21.1 Å². The number of nitrogens with one attached hydrogen (secondary N) is 1. The third kappa shape index (κ3) is 7.64. The molecule has 180 valence electrons. The number of azide groups is 1. The molecule has 1 aromatic heterocycles. The summed E-state index contributed by atoms with van der Waals surface area (Å²) in [6.07, 6.45) is -3.31. The Bertz CT molecular complexity index is 1150. The minimum atomic E-state index is -5.77. The van der Waals surface area contributed by atoms with Crippen LogP contribution in [0.2, 0.25) is 0 Å². The second kappa shape index (κ2) is 9.97. The number of ether oxygens (including phenoxy) is 1. The second-order valence-electron chi connectivity index (χ2n) is 6.05. The van der Waals surface area contributed by atoms with Gasteiger partial charge in [-0.3, -0.25) is 18.9 Å². The summed E-state index contributed by atoms with van der Waals surface area (Å²) in [6.45, 7) is 0.799. The van der Waals surface area contributed by atoms with Gasteiger partial charge in [0.05, 0.1) is 0 Å². The molecule has 1 saturated heterocycles. The summed E-state index contributed by atoms with van der Waals surface area (Å²) in [4.78, 5) is 68.5. The first-order chi connectivity index (χ1) is 14.6. The third-order valence-corrected chi connectivity index (χ3v) is 7.52. The van der Waals surface area contributed by atoms with Gasteiger partial charge in [0, 0.05) is 23.1 Å². The highest BCUT2D eigenvalue weighted by Gasteiger charge is 2.46. The molecule has 0 spiro atoms. The lowest BCUT2D eigenvalue weighted by Crippen LogP contribution is -2.33. The Balaban J connectivity index is 2.25. The van der Waals surface area contributed by atoms with Gasteiger partial charge in [-0.05, 0) is 12.5 Å². The molecule has 0 saturated carbocycles. The zero-order valence-corrected chi connectivity index (χ0v) is 18.4. The summed E-state index contributed by atoms with van der Waals surface area (Å²) < 4.78 is 52.7. The van der Waals surface area contributed by atoms with Crippen molar-refractivity contribution in [2.75, 3.05) is 6.61 Å². The van der Waals surface area contributed by atoms with Crippen molar-refractivity contribution in [2.24, 2.45) is 5.28 Å². The van der Waals surface area contributed by atoms with E-state index in [0.29, 0.717) is 0 Å². The van der Waals surface area contributed by atoms with E-state index in [-0.39, 0.29) is 5.56 Å². The molecule has 32 heavy (non-hydrogen) atoms. The molecule has 0 amide bonds. The van der Waals surface area contributed by atoms with Gasteiger partial charge in [-0.1, -0.05) is 0 Å². The first-order valence-electron chi connectivity index (χ1n) is 8.08. The predicted molar refractivity (Wildman–Crippen MR) is 98.4 cm³/mol. The van der Waals surface area contributed by atoms with E-state index >= 15 is 0 Å². The fraction of sp³-hybridized carbons (Fsp3) is 0.600. The normalized spacial score (nSPS) is 24.8. The van der Waals surface area contributed by atoms with Gasteiger partial charge in [-0.2, -0.15) is 8.62 Å². The summed E-state index contributed by atoms with van der Waals surface area (Å²) in [5.74, 6) is 0. The lowest BCUT2D eigenvalue weighted by Gasteiger charge is -2.21. The Morgan fingerprint density at radius 2 is 1.91 bits per heavy atom. The first-order valence-corrected chi connectivity index (χ1v) is 12.6. The van der Waals surface area contributed by atoms with Crippen LogP contribution in [0.25, 0.3) is 10.4 Å². The summed E-state index contributed by atoms with van der Waals surface area (Å²) in [7, 11) is -16.9. The van der Waals surface area contributed by atoms with E-state index in [4.69, 9.17) is 24.6 Å². The number of aromatic amines is 1. The van der Waals surface area contributed by atoms with E-state index in [1.54, 1.807) is 0 Å². The number of hydrogen-bond acceptors (Lipinski definition) is 11. The number of aryl methyl sites for hydroxylation is 1. The molecule has 1 aliphatic heterocycles. The molecule has 2 rings (SSSR count). The molecule has 19 nitrogen and oxygen atoms in total. The van der Waals surface area contributed by atoms with Crippen molar-refractivity contribution in [1.82, 2.24) is 9.55 Å². The van der Waals surface area contributed by atoms with Crippen molar-refractivity contribution < 1.29 is 56.0 Å². The fourth-order valence-electron chi connectivity index (χ4n) is 2.53. The second-order valence-corrected chi connectivity index (χ2v) is 10.4. The molecule has 5 N–H and O–H groups in total. The zero-order valence-electron chi connectivity index (χ0n) is 15.7. The number of rotatable bonds is 10. The van der Waals surface area contributed by atoms with Crippen molar-refractivity contribution >= 4 is 23.5 Å². The Morgan fingerprint density at radius 1 is 1.25 bits per heavy atom. The number of aromatic nitrogens is 2. The van der Waals surface area contributed by atoms with E-state index in [0.717, 1.165) is 10.8 Å². The van der Waals surface area contributed by atoms with Gasteiger partial charge in [0.15, 0.2) is 0 Å². The molecule has 22 heteroatoms. The van der Waals surface area contributed by atoms with Crippen LogP contribution < -0.4 is 11.2 Å². The maximum atomic E-state index is 12.1. The zero-order chi connectivity index (χ0) is 24.3. The number of hydrogen-bond donors (Lipinski definition) is 5. The van der Waals surface area contributed by atoms with Crippen molar-refractivity contribution in [3.8, 4) is 0 Å². The molecule has 1 aromatic rings. The highest BCUT2D eigenvalue weighted by molar-refractivity contribution is 7.66. The quantitative estimate of drug-likeness (QED) is 0.0893. The number of phosphoric acid groups is 3. The average molecular weight is 523 g/mol. The van der Waals surface area contributed by atoms with Gasteiger partial charge in [0.2, 0.25) is 0 Å². The van der Waals surface area contributed by atoms with E-state index in [9.17, 15) is 33.1 Å². The van der Waals surface area contributed by atoms with E-state index in [1.807, 2.05) is 4.98 Å². The van der Waals surface area contributed by atoms with Gasteiger partial charge < -0.3 is 29.1 Å².